The quantitative estimate of drug-likeness (QED) is 0.144. The fourth-order valence-electron chi connectivity index (χ4n) is 8.26. The van der Waals surface area contributed by atoms with Gasteiger partial charge in [-0.3, -0.25) is 28.9 Å². The smallest absolute Gasteiger partial charge is 0.245 e. The van der Waals surface area contributed by atoms with Gasteiger partial charge in [0.15, 0.2) is 5.78 Å². The number of rotatable bonds is 18. The molecule has 2 aromatic rings. The maximum Gasteiger partial charge on any atom is 0.245 e. The molecule has 6 rings (SSSR count). The predicted molar refractivity (Wildman–Crippen MR) is 198 cm³/mol. The largest absolute Gasteiger partial charge is 0.508 e. The van der Waals surface area contributed by atoms with Gasteiger partial charge < -0.3 is 32.1 Å². The van der Waals surface area contributed by atoms with E-state index in [1.54, 1.807) is 19.1 Å². The van der Waals surface area contributed by atoms with Crippen LogP contribution in [0, 0.1) is 5.41 Å². The van der Waals surface area contributed by atoms with Crippen molar-refractivity contribution in [1.29, 1.82) is 0 Å². The predicted octanol–water partition coefficient (Wildman–Crippen LogP) is 2.39. The zero-order valence-electron chi connectivity index (χ0n) is 30.4. The number of aromatic hydroxyl groups is 1. The number of piperazine rings is 1. The van der Waals surface area contributed by atoms with Gasteiger partial charge in [0.1, 0.15) is 17.6 Å². The molecule has 12 heteroatoms. The van der Waals surface area contributed by atoms with E-state index in [9.17, 15) is 29.1 Å². The van der Waals surface area contributed by atoms with E-state index in [4.69, 9.17) is 11.5 Å². The third-order valence-corrected chi connectivity index (χ3v) is 11.0. The van der Waals surface area contributed by atoms with Gasteiger partial charge >= 0.3 is 0 Å². The molecule has 0 radical (unpaired) electrons. The van der Waals surface area contributed by atoms with Gasteiger partial charge in [0.2, 0.25) is 17.7 Å². The molecule has 3 aliphatic heterocycles. The molecule has 3 amide bonds. The van der Waals surface area contributed by atoms with Gasteiger partial charge in [0, 0.05) is 31.6 Å². The van der Waals surface area contributed by atoms with Gasteiger partial charge in [-0.15, -0.1) is 0 Å². The molecule has 4 fully saturated rings. The number of ketones is 2. The van der Waals surface area contributed by atoms with Gasteiger partial charge in [-0.25, -0.2) is 0 Å². The first kappa shape index (κ1) is 39.1. The number of carbonyl (C=O) groups is 5. The molecule has 4 aliphatic rings. The minimum atomic E-state index is -1.02. The summed E-state index contributed by atoms with van der Waals surface area (Å²) in [5.41, 5.74) is 12.7. The summed E-state index contributed by atoms with van der Waals surface area (Å²) in [7, 11) is 0. The summed E-state index contributed by atoms with van der Waals surface area (Å²) >= 11 is 0. The summed E-state index contributed by atoms with van der Waals surface area (Å²) in [5, 5.41) is 15.7. The number of carbonyl (C=O) groups excluding carboxylic acids is 5. The van der Waals surface area contributed by atoms with Crippen LogP contribution >= 0.6 is 0 Å². The lowest BCUT2D eigenvalue weighted by molar-refractivity contribution is -0.159. The van der Waals surface area contributed by atoms with E-state index in [-0.39, 0.29) is 60.5 Å². The number of nitrogens with zero attached hydrogens (tertiary/aromatic N) is 2. The molecule has 2 aromatic carbocycles. The Morgan fingerprint density at radius 1 is 0.865 bits per heavy atom. The van der Waals surface area contributed by atoms with Crippen LogP contribution in [0.5, 0.6) is 5.75 Å². The van der Waals surface area contributed by atoms with Crippen LogP contribution in [0.4, 0.5) is 0 Å². The Labute approximate surface area is 307 Å². The number of fused-ring (bicyclic) bond motifs is 2. The zero-order valence-corrected chi connectivity index (χ0v) is 30.4. The van der Waals surface area contributed by atoms with Crippen LogP contribution in [0.1, 0.15) is 82.3 Å². The van der Waals surface area contributed by atoms with Crippen molar-refractivity contribution in [2.45, 2.75) is 114 Å². The fourth-order valence-corrected chi connectivity index (χ4v) is 8.26. The SMILES string of the molecule is CC(=O)CN1CC2CC(C1)N2C(=O)C(CCCCN)NC(=O)C1(CC(=O)C(Cc2ccccc2)NC(=O)C(N)Cc2ccc(O)cc2)CCCCC1. The minimum Gasteiger partial charge on any atom is -0.508 e. The van der Waals surface area contributed by atoms with Crippen molar-refractivity contribution in [2.24, 2.45) is 16.9 Å². The van der Waals surface area contributed by atoms with Crippen molar-refractivity contribution in [3.63, 3.8) is 0 Å². The lowest BCUT2D eigenvalue weighted by atomic mass is 9.69. The van der Waals surface area contributed by atoms with Crippen molar-refractivity contribution in [1.82, 2.24) is 20.4 Å². The van der Waals surface area contributed by atoms with Gasteiger partial charge in [0.05, 0.1) is 24.0 Å². The molecule has 1 saturated carbocycles. The van der Waals surface area contributed by atoms with Gasteiger partial charge in [-0.05, 0) is 88.1 Å². The van der Waals surface area contributed by atoms with E-state index in [2.05, 4.69) is 15.5 Å². The molecule has 1 aliphatic carbocycles. The number of Topliss-reactive ketones (excluding diaryl/α,β-unsaturated/α-hetero) is 2. The molecule has 3 saturated heterocycles. The highest BCUT2D eigenvalue weighted by atomic mass is 16.3. The summed E-state index contributed by atoms with van der Waals surface area (Å²) in [6.45, 7) is 3.70. The number of amides is 3. The number of nitrogens with one attached hydrogen (secondary N) is 2. The van der Waals surface area contributed by atoms with Crippen LogP contribution in [-0.2, 0) is 36.8 Å². The second-order valence-electron chi connectivity index (χ2n) is 15.2. The van der Waals surface area contributed by atoms with Gasteiger partial charge in [-0.2, -0.15) is 0 Å². The van der Waals surface area contributed by atoms with Gasteiger partial charge in [0.25, 0.3) is 0 Å². The molecule has 12 nitrogen and oxygen atoms in total. The van der Waals surface area contributed by atoms with Crippen LogP contribution in [0.15, 0.2) is 54.6 Å². The average Bonchev–Trinajstić information content (AvgIpc) is 3.12. The first-order chi connectivity index (χ1) is 25.0. The van der Waals surface area contributed by atoms with Crippen LogP contribution in [0.2, 0.25) is 0 Å². The summed E-state index contributed by atoms with van der Waals surface area (Å²) in [6, 6.07) is 13.3. The summed E-state index contributed by atoms with van der Waals surface area (Å²) < 4.78 is 0. The number of piperidine rings is 1. The molecule has 3 heterocycles. The van der Waals surface area contributed by atoms with Crippen LogP contribution in [-0.4, -0.2) is 101 Å². The maximum atomic E-state index is 14.5. The number of phenolic OH excluding ortho intramolecular Hbond substituents is 1. The maximum absolute atomic E-state index is 14.5. The normalized spacial score (nSPS) is 21.2. The Morgan fingerprint density at radius 2 is 1.52 bits per heavy atom. The van der Waals surface area contributed by atoms with E-state index in [0.717, 1.165) is 43.2 Å². The Bertz CT molecular complexity index is 1530. The van der Waals surface area contributed by atoms with Crippen molar-refractivity contribution in [3.05, 3.63) is 65.7 Å². The number of hydrogen-bond donors (Lipinski definition) is 5. The van der Waals surface area contributed by atoms with E-state index in [0.29, 0.717) is 51.9 Å². The molecule has 5 unspecified atom stereocenters. The van der Waals surface area contributed by atoms with Crippen LogP contribution < -0.4 is 22.1 Å². The van der Waals surface area contributed by atoms with E-state index in [1.807, 2.05) is 35.2 Å². The lowest BCUT2D eigenvalue weighted by Gasteiger charge is -2.57. The van der Waals surface area contributed by atoms with E-state index >= 15 is 0 Å². The second kappa shape index (κ2) is 18.1. The molecule has 0 spiro atoms. The number of phenols is 1. The monoisotopic (exact) mass is 716 g/mol. The third kappa shape index (κ3) is 10.0. The highest BCUT2D eigenvalue weighted by Gasteiger charge is 2.50. The summed E-state index contributed by atoms with van der Waals surface area (Å²) in [5.74, 6) is -0.909. The first-order valence-electron chi connectivity index (χ1n) is 18.9. The van der Waals surface area contributed by atoms with E-state index in [1.165, 1.54) is 12.1 Å². The number of unbranched alkanes of at least 4 members (excludes halogenated alkanes) is 1. The minimum absolute atomic E-state index is 0.00694. The van der Waals surface area contributed by atoms with Crippen molar-refractivity contribution < 1.29 is 29.1 Å². The Morgan fingerprint density at radius 3 is 2.15 bits per heavy atom. The third-order valence-electron chi connectivity index (χ3n) is 11.0. The molecule has 282 valence electrons. The first-order valence-corrected chi connectivity index (χ1v) is 18.9. The van der Waals surface area contributed by atoms with E-state index < -0.39 is 29.4 Å². The molecule has 5 atom stereocenters. The number of nitrogens with two attached hydrogens (primary N) is 2. The Hall–Kier alpha value is -4.13. The summed E-state index contributed by atoms with van der Waals surface area (Å²) in [4.78, 5) is 72.1. The zero-order chi connectivity index (χ0) is 37.3. The molecule has 7 N–H and O–H groups in total. The van der Waals surface area contributed by atoms with Crippen molar-refractivity contribution in [3.8, 4) is 5.75 Å². The molecule has 52 heavy (non-hydrogen) atoms. The van der Waals surface area contributed by atoms with Crippen molar-refractivity contribution in [2.75, 3.05) is 26.2 Å². The average molecular weight is 717 g/mol. The highest BCUT2D eigenvalue weighted by molar-refractivity contribution is 5.97. The second-order valence-corrected chi connectivity index (χ2v) is 15.2. The Balaban J connectivity index is 1.31. The number of benzene rings is 2. The lowest BCUT2D eigenvalue weighted by Crippen LogP contribution is -2.72. The number of hydrogen-bond acceptors (Lipinski definition) is 9. The standard InChI is InChI=1S/C40H56N6O6/c1-27(47)24-45-25-30-22-31(26-45)46(30)38(51)34(12-6-9-19-41)44-39(52)40(17-7-3-8-18-40)23-36(49)35(21-28-10-4-2-5-11-28)43-37(50)33(42)20-29-13-15-32(48)16-14-29/h2,4-5,10-11,13-16,30-31,33-35,48H,3,6-9,12,17-26,41-42H2,1H3,(H,43,50)(H,44,52). The van der Waals surface area contributed by atoms with Crippen LogP contribution in [0.3, 0.4) is 0 Å². The van der Waals surface area contributed by atoms with Gasteiger partial charge in [-0.1, -0.05) is 61.7 Å². The topological polar surface area (TPSA) is 188 Å². The fraction of sp³-hybridized carbons (Fsp3) is 0.575. The highest BCUT2D eigenvalue weighted by Crippen LogP contribution is 2.41. The molecular formula is C40H56N6O6. The van der Waals surface area contributed by atoms with Crippen molar-refractivity contribution >= 4 is 29.3 Å². The Kier molecular flexibility index (Phi) is 13.6. The van der Waals surface area contributed by atoms with Crippen LogP contribution in [0.25, 0.3) is 0 Å². The molecule has 0 aromatic heterocycles. The molecule has 2 bridgehead atoms. The molecular weight excluding hydrogens is 660 g/mol. The summed E-state index contributed by atoms with van der Waals surface area (Å²) in [6.07, 6.45) is 6.65.